The van der Waals surface area contributed by atoms with Crippen molar-refractivity contribution in [3.05, 3.63) is 58.5 Å². The van der Waals surface area contributed by atoms with Crippen molar-refractivity contribution in [2.24, 2.45) is 7.05 Å². The van der Waals surface area contributed by atoms with Gasteiger partial charge in [-0.15, -0.1) is 0 Å². The molecule has 3 rings (SSSR count). The Morgan fingerprint density at radius 3 is 2.82 bits per heavy atom. The molecule has 1 aromatic heterocycles. The number of ether oxygens (including phenoxy) is 2. The molecule has 22 heavy (non-hydrogen) atoms. The summed E-state index contributed by atoms with van der Waals surface area (Å²) in [5.74, 6) is 1.59. The third-order valence-electron chi connectivity index (χ3n) is 3.70. The van der Waals surface area contributed by atoms with Crippen molar-refractivity contribution in [2.75, 3.05) is 20.2 Å². The van der Waals surface area contributed by atoms with Gasteiger partial charge in [-0.2, -0.15) is 0 Å². The minimum atomic E-state index is -0.00792. The molecule has 0 bridgehead atoms. The van der Waals surface area contributed by atoms with E-state index in [0.717, 1.165) is 23.6 Å². The molecule has 1 atom stereocenters. The smallest absolute Gasteiger partial charge is 0.250 e. The molecule has 0 unspecified atom stereocenters. The molecule has 5 nitrogen and oxygen atoms in total. The van der Waals surface area contributed by atoms with Gasteiger partial charge in [-0.05, 0) is 30.8 Å². The van der Waals surface area contributed by atoms with E-state index in [0.29, 0.717) is 13.2 Å². The number of aryl methyl sites for hydroxylation is 1. The Balaban J connectivity index is 1.59. The normalized spacial score (nSPS) is 16.8. The second-order valence-corrected chi connectivity index (χ2v) is 5.68. The van der Waals surface area contributed by atoms with Crippen LogP contribution in [-0.4, -0.2) is 35.8 Å². The highest BCUT2D eigenvalue weighted by molar-refractivity contribution is 5.40. The molecule has 0 aliphatic carbocycles. The van der Waals surface area contributed by atoms with Crippen LogP contribution in [0, 0.1) is 0 Å². The summed E-state index contributed by atoms with van der Waals surface area (Å²) in [6.07, 6.45) is 1.79. The predicted octanol–water partition coefficient (Wildman–Crippen LogP) is 1.66. The molecule has 0 fully saturated rings. The van der Waals surface area contributed by atoms with Crippen LogP contribution in [0.25, 0.3) is 0 Å². The molecule has 0 spiro atoms. The van der Waals surface area contributed by atoms with Crippen molar-refractivity contribution in [3.63, 3.8) is 0 Å². The Morgan fingerprint density at radius 2 is 2.05 bits per heavy atom. The van der Waals surface area contributed by atoms with Gasteiger partial charge in [0.05, 0.1) is 0 Å². The van der Waals surface area contributed by atoms with E-state index in [9.17, 15) is 4.79 Å². The first-order chi connectivity index (χ1) is 10.6. The van der Waals surface area contributed by atoms with E-state index in [1.165, 1.54) is 0 Å². The summed E-state index contributed by atoms with van der Waals surface area (Å²) in [5.41, 5.74) is 1.01. The minimum Gasteiger partial charge on any atom is -0.486 e. The van der Waals surface area contributed by atoms with Crippen molar-refractivity contribution in [3.8, 4) is 11.5 Å². The maximum atomic E-state index is 11.6. The average molecular weight is 300 g/mol. The number of fused-ring (bicyclic) bond motifs is 1. The first-order valence-electron chi connectivity index (χ1n) is 7.34. The standard InChI is InChI=1S/C17H20N2O3/c1-18(10-13-7-8-19(2)17(20)9-13)11-14-12-21-15-5-3-4-6-16(15)22-14/h3-9,14H,10-12H2,1-2H3/t14-/m1/s1. The highest BCUT2D eigenvalue weighted by Gasteiger charge is 2.21. The third-order valence-corrected chi connectivity index (χ3v) is 3.70. The quantitative estimate of drug-likeness (QED) is 0.861. The Bertz CT molecular complexity index is 711. The molecule has 2 aromatic rings. The maximum Gasteiger partial charge on any atom is 0.250 e. The van der Waals surface area contributed by atoms with Crippen LogP contribution in [0.3, 0.4) is 0 Å². The van der Waals surface area contributed by atoms with Gasteiger partial charge in [0.15, 0.2) is 11.5 Å². The number of rotatable bonds is 4. The summed E-state index contributed by atoms with van der Waals surface area (Å²) >= 11 is 0. The van der Waals surface area contributed by atoms with Crippen LogP contribution in [0.5, 0.6) is 11.5 Å². The van der Waals surface area contributed by atoms with Crippen molar-refractivity contribution in [2.45, 2.75) is 12.6 Å². The Labute approximate surface area is 129 Å². The monoisotopic (exact) mass is 300 g/mol. The highest BCUT2D eigenvalue weighted by Crippen LogP contribution is 2.30. The molecule has 5 heteroatoms. The van der Waals surface area contributed by atoms with E-state index in [1.54, 1.807) is 23.9 Å². The van der Waals surface area contributed by atoms with Gasteiger partial charge in [-0.3, -0.25) is 9.69 Å². The van der Waals surface area contributed by atoms with Crippen molar-refractivity contribution >= 4 is 0 Å². The zero-order valence-corrected chi connectivity index (χ0v) is 12.9. The number of pyridine rings is 1. The molecule has 0 radical (unpaired) electrons. The number of nitrogens with zero attached hydrogens (tertiary/aromatic N) is 2. The van der Waals surface area contributed by atoms with Crippen LogP contribution >= 0.6 is 0 Å². The van der Waals surface area contributed by atoms with Crippen LogP contribution in [0.4, 0.5) is 0 Å². The number of benzene rings is 1. The molecule has 0 N–H and O–H groups in total. The van der Waals surface area contributed by atoms with Gasteiger partial charge in [0.25, 0.3) is 5.56 Å². The fourth-order valence-electron chi connectivity index (χ4n) is 2.56. The second kappa shape index (κ2) is 6.23. The molecule has 1 aliphatic rings. The molecule has 2 heterocycles. The Kier molecular flexibility index (Phi) is 4.15. The number of hydrogen-bond acceptors (Lipinski definition) is 4. The Hall–Kier alpha value is -2.27. The highest BCUT2D eigenvalue weighted by atomic mass is 16.6. The predicted molar refractivity (Wildman–Crippen MR) is 84.4 cm³/mol. The lowest BCUT2D eigenvalue weighted by Gasteiger charge is -2.29. The van der Waals surface area contributed by atoms with E-state index in [-0.39, 0.29) is 11.7 Å². The van der Waals surface area contributed by atoms with Gasteiger partial charge in [-0.1, -0.05) is 12.1 Å². The van der Waals surface area contributed by atoms with Crippen LogP contribution in [0.2, 0.25) is 0 Å². The first kappa shape index (κ1) is 14.7. The van der Waals surface area contributed by atoms with Gasteiger partial charge in [0.2, 0.25) is 0 Å². The van der Waals surface area contributed by atoms with E-state index >= 15 is 0 Å². The van der Waals surface area contributed by atoms with Crippen molar-refractivity contribution < 1.29 is 9.47 Å². The summed E-state index contributed by atoms with van der Waals surface area (Å²) in [5, 5.41) is 0. The van der Waals surface area contributed by atoms with Gasteiger partial charge in [-0.25, -0.2) is 0 Å². The van der Waals surface area contributed by atoms with Gasteiger partial charge < -0.3 is 14.0 Å². The molecule has 1 aromatic carbocycles. The number of likely N-dealkylation sites (N-methyl/N-ethyl adjacent to an activating group) is 1. The van der Waals surface area contributed by atoms with Crippen LogP contribution in [0.1, 0.15) is 5.56 Å². The minimum absolute atomic E-state index is 0.00792. The lowest BCUT2D eigenvalue weighted by molar-refractivity contribution is 0.0638. The molecule has 0 saturated heterocycles. The molecule has 116 valence electrons. The fraction of sp³-hybridized carbons (Fsp3) is 0.353. The summed E-state index contributed by atoms with van der Waals surface area (Å²) in [7, 11) is 3.77. The second-order valence-electron chi connectivity index (χ2n) is 5.68. The Morgan fingerprint density at radius 1 is 1.27 bits per heavy atom. The SMILES string of the molecule is CN(Cc1ccn(C)c(=O)c1)C[C@@H]1COc2ccccc2O1. The van der Waals surface area contributed by atoms with E-state index in [4.69, 9.17) is 9.47 Å². The fourth-order valence-corrected chi connectivity index (χ4v) is 2.56. The lowest BCUT2D eigenvalue weighted by Crippen LogP contribution is -2.39. The van der Waals surface area contributed by atoms with Gasteiger partial charge >= 0.3 is 0 Å². The van der Waals surface area contributed by atoms with Gasteiger partial charge in [0.1, 0.15) is 12.7 Å². The molecular formula is C17H20N2O3. The largest absolute Gasteiger partial charge is 0.486 e. The zero-order chi connectivity index (χ0) is 15.5. The summed E-state index contributed by atoms with van der Waals surface area (Å²) in [4.78, 5) is 13.8. The van der Waals surface area contributed by atoms with E-state index in [2.05, 4.69) is 4.90 Å². The number of aromatic nitrogens is 1. The van der Waals surface area contributed by atoms with E-state index in [1.807, 2.05) is 37.4 Å². The first-order valence-corrected chi connectivity index (χ1v) is 7.34. The van der Waals surface area contributed by atoms with E-state index < -0.39 is 0 Å². The molecule has 1 aliphatic heterocycles. The summed E-state index contributed by atoms with van der Waals surface area (Å²) in [6, 6.07) is 11.3. The maximum absolute atomic E-state index is 11.6. The summed E-state index contributed by atoms with van der Waals surface area (Å²) < 4.78 is 13.2. The number of para-hydroxylation sites is 2. The van der Waals surface area contributed by atoms with Gasteiger partial charge in [0, 0.05) is 32.4 Å². The number of hydrogen-bond donors (Lipinski definition) is 0. The van der Waals surface area contributed by atoms with Crippen LogP contribution in [-0.2, 0) is 13.6 Å². The van der Waals surface area contributed by atoms with Crippen LogP contribution in [0.15, 0.2) is 47.4 Å². The van der Waals surface area contributed by atoms with Crippen molar-refractivity contribution in [1.82, 2.24) is 9.47 Å². The topological polar surface area (TPSA) is 43.7 Å². The van der Waals surface area contributed by atoms with Crippen LogP contribution < -0.4 is 15.0 Å². The average Bonchev–Trinajstić information content (AvgIpc) is 2.51. The molecule has 0 amide bonds. The molecular weight excluding hydrogens is 280 g/mol. The summed E-state index contributed by atoms with van der Waals surface area (Å²) in [6.45, 7) is 1.99. The lowest BCUT2D eigenvalue weighted by atomic mass is 10.2. The third kappa shape index (κ3) is 3.31. The molecule has 0 saturated carbocycles. The zero-order valence-electron chi connectivity index (χ0n) is 12.9. The van der Waals surface area contributed by atoms with Crippen molar-refractivity contribution in [1.29, 1.82) is 0 Å².